The molecule has 0 aromatic carbocycles. The number of unbranched alkanes of at least 4 members (excludes halogenated alkanes) is 1. The van der Waals surface area contributed by atoms with Gasteiger partial charge in [-0.05, 0) is 25.8 Å². The van der Waals surface area contributed by atoms with Crippen LogP contribution in [0.25, 0.3) is 0 Å². The van der Waals surface area contributed by atoms with E-state index in [4.69, 9.17) is 7.85 Å². The molecule has 0 heterocycles. The van der Waals surface area contributed by atoms with Gasteiger partial charge < -0.3 is 15.2 Å². The van der Waals surface area contributed by atoms with E-state index in [1.165, 1.54) is 0 Å². The van der Waals surface area contributed by atoms with E-state index in [0.717, 1.165) is 19.4 Å². The van der Waals surface area contributed by atoms with E-state index in [9.17, 15) is 9.59 Å². The Bertz CT molecular complexity index is 237. The van der Waals surface area contributed by atoms with Gasteiger partial charge in [-0.2, -0.15) is 0 Å². The van der Waals surface area contributed by atoms with Gasteiger partial charge in [-0.3, -0.25) is 4.79 Å². The number of hydrogen-bond acceptors (Lipinski definition) is 3. The van der Waals surface area contributed by atoms with Gasteiger partial charge in [0.15, 0.2) is 7.85 Å². The summed E-state index contributed by atoms with van der Waals surface area (Å²) in [6, 6.07) is -0.542. The van der Waals surface area contributed by atoms with Gasteiger partial charge in [0.05, 0.1) is 11.7 Å². The molecule has 0 aromatic heterocycles. The van der Waals surface area contributed by atoms with E-state index in [1.807, 2.05) is 0 Å². The zero-order valence-electron chi connectivity index (χ0n) is 9.95. The SMILES string of the molecule is [B]C(=O)C(CCCCNP)NC(=O)C(C)C. The second kappa shape index (κ2) is 8.71. The molecule has 0 aromatic rings. The van der Waals surface area contributed by atoms with Gasteiger partial charge in [-0.15, -0.1) is 0 Å². The summed E-state index contributed by atoms with van der Waals surface area (Å²) in [5, 5.41) is 5.60. The van der Waals surface area contributed by atoms with Crippen LogP contribution in [0.3, 0.4) is 0 Å². The van der Waals surface area contributed by atoms with Crippen LogP contribution in [-0.4, -0.2) is 32.0 Å². The third-order valence-electron chi connectivity index (χ3n) is 2.25. The van der Waals surface area contributed by atoms with Crippen molar-refractivity contribution in [2.24, 2.45) is 5.92 Å². The molecule has 0 saturated heterocycles. The van der Waals surface area contributed by atoms with Crippen LogP contribution in [0.2, 0.25) is 0 Å². The molecule has 0 aliphatic rings. The first-order valence-electron chi connectivity index (χ1n) is 5.52. The van der Waals surface area contributed by atoms with Crippen molar-refractivity contribution in [2.45, 2.75) is 39.2 Å². The standard InChI is InChI=1S/C10H20BN2O2P/c1-7(2)10(15)13-8(9(11)14)5-3-4-6-12-16/h7-8,12H,3-6,16H2,1-2H3,(H,13,15). The third-order valence-corrected chi connectivity index (χ3v) is 2.54. The van der Waals surface area contributed by atoms with Crippen molar-refractivity contribution in [1.29, 1.82) is 0 Å². The Morgan fingerprint density at radius 1 is 1.31 bits per heavy atom. The molecule has 0 bridgehead atoms. The molecule has 6 heteroatoms. The lowest BCUT2D eigenvalue weighted by Gasteiger charge is -2.17. The minimum Gasteiger partial charge on any atom is -0.347 e. The van der Waals surface area contributed by atoms with Gasteiger partial charge in [-0.1, -0.05) is 23.2 Å². The molecule has 2 N–H and O–H groups in total. The molecule has 16 heavy (non-hydrogen) atoms. The molecule has 2 unspecified atom stereocenters. The summed E-state index contributed by atoms with van der Waals surface area (Å²) in [5.41, 5.74) is -0.465. The number of nitrogens with one attached hydrogen (secondary N) is 2. The Kier molecular flexibility index (Phi) is 8.49. The normalized spacial score (nSPS) is 12.5. The second-order valence-electron chi connectivity index (χ2n) is 4.07. The molecule has 0 spiro atoms. The summed E-state index contributed by atoms with van der Waals surface area (Å²) in [6.07, 6.45) is 2.40. The highest BCUT2D eigenvalue weighted by molar-refractivity contribution is 7.13. The molecular weight excluding hydrogens is 222 g/mol. The second-order valence-corrected chi connectivity index (χ2v) is 4.48. The summed E-state index contributed by atoms with van der Waals surface area (Å²) < 4.78 is 0. The lowest BCUT2D eigenvalue weighted by atomic mass is 9.91. The lowest BCUT2D eigenvalue weighted by Crippen LogP contribution is -2.42. The molecule has 0 aliphatic heterocycles. The van der Waals surface area contributed by atoms with E-state index in [-0.39, 0.29) is 11.8 Å². The molecule has 0 aliphatic carbocycles. The zero-order chi connectivity index (χ0) is 12.6. The van der Waals surface area contributed by atoms with E-state index < -0.39 is 11.7 Å². The van der Waals surface area contributed by atoms with Crippen molar-refractivity contribution in [3.63, 3.8) is 0 Å². The Morgan fingerprint density at radius 2 is 1.94 bits per heavy atom. The van der Waals surface area contributed by atoms with Gasteiger partial charge >= 0.3 is 0 Å². The Morgan fingerprint density at radius 3 is 2.38 bits per heavy atom. The summed E-state index contributed by atoms with van der Waals surface area (Å²) in [4.78, 5) is 22.5. The first-order chi connectivity index (χ1) is 7.49. The maximum atomic E-state index is 11.4. The molecule has 1 amide bonds. The summed E-state index contributed by atoms with van der Waals surface area (Å²) in [5.74, 6) is -0.261. The molecular formula is C10H20BN2O2P. The van der Waals surface area contributed by atoms with Gasteiger partial charge in [0.2, 0.25) is 5.91 Å². The maximum absolute atomic E-state index is 11.4. The van der Waals surface area contributed by atoms with Crippen LogP contribution < -0.4 is 10.4 Å². The van der Waals surface area contributed by atoms with E-state index in [1.54, 1.807) is 13.8 Å². The topological polar surface area (TPSA) is 58.2 Å². The van der Waals surface area contributed by atoms with Gasteiger partial charge in [0, 0.05) is 5.92 Å². The Labute approximate surface area is 101 Å². The largest absolute Gasteiger partial charge is 0.347 e. The van der Waals surface area contributed by atoms with Gasteiger partial charge in [0.25, 0.3) is 0 Å². The monoisotopic (exact) mass is 242 g/mol. The smallest absolute Gasteiger partial charge is 0.223 e. The number of rotatable bonds is 8. The first kappa shape index (κ1) is 15.6. The number of amides is 1. The summed E-state index contributed by atoms with van der Waals surface area (Å²) in [6.45, 7) is 4.44. The van der Waals surface area contributed by atoms with E-state index >= 15 is 0 Å². The Balaban J connectivity index is 3.98. The van der Waals surface area contributed by atoms with Crippen molar-refractivity contribution >= 4 is 28.8 Å². The highest BCUT2D eigenvalue weighted by atomic mass is 31.0. The third kappa shape index (κ3) is 6.97. The van der Waals surface area contributed by atoms with Crippen LogP contribution in [0.1, 0.15) is 33.1 Å². The van der Waals surface area contributed by atoms with Crippen LogP contribution in [0.15, 0.2) is 0 Å². The molecule has 4 nitrogen and oxygen atoms in total. The molecule has 0 saturated carbocycles. The zero-order valence-corrected chi connectivity index (χ0v) is 11.1. The van der Waals surface area contributed by atoms with Gasteiger partial charge in [0.1, 0.15) is 0 Å². The van der Waals surface area contributed by atoms with Crippen molar-refractivity contribution in [3.05, 3.63) is 0 Å². The van der Waals surface area contributed by atoms with E-state index in [2.05, 4.69) is 19.8 Å². The number of carbonyl (C=O) groups is 2. The molecule has 0 rings (SSSR count). The van der Waals surface area contributed by atoms with Crippen LogP contribution in [0.4, 0.5) is 0 Å². The van der Waals surface area contributed by atoms with Crippen molar-refractivity contribution < 1.29 is 9.59 Å². The Hall–Kier alpha value is -0.405. The lowest BCUT2D eigenvalue weighted by molar-refractivity contribution is -0.127. The van der Waals surface area contributed by atoms with Crippen LogP contribution in [-0.2, 0) is 9.59 Å². The van der Waals surface area contributed by atoms with Crippen LogP contribution in [0, 0.1) is 5.92 Å². The fourth-order valence-corrected chi connectivity index (χ4v) is 1.40. The summed E-state index contributed by atoms with van der Waals surface area (Å²) in [7, 11) is 7.65. The highest BCUT2D eigenvalue weighted by Crippen LogP contribution is 2.03. The van der Waals surface area contributed by atoms with Crippen LogP contribution >= 0.6 is 9.39 Å². The van der Waals surface area contributed by atoms with Gasteiger partial charge in [-0.25, -0.2) is 0 Å². The predicted molar refractivity (Wildman–Crippen MR) is 69.1 cm³/mol. The van der Waals surface area contributed by atoms with Crippen molar-refractivity contribution in [3.8, 4) is 0 Å². The van der Waals surface area contributed by atoms with Crippen molar-refractivity contribution in [2.75, 3.05) is 6.54 Å². The highest BCUT2D eigenvalue weighted by Gasteiger charge is 2.17. The molecule has 90 valence electrons. The average molecular weight is 242 g/mol. The maximum Gasteiger partial charge on any atom is 0.223 e. The minimum absolute atomic E-state index is 0.129. The minimum atomic E-state index is -0.542. The molecule has 0 fully saturated rings. The predicted octanol–water partition coefficient (Wildman–Crippen LogP) is 0.372. The quantitative estimate of drug-likeness (QED) is 0.367. The van der Waals surface area contributed by atoms with E-state index in [0.29, 0.717) is 6.42 Å². The molecule has 2 radical (unpaired) electrons. The summed E-state index contributed by atoms with van der Waals surface area (Å²) >= 11 is 0. The van der Waals surface area contributed by atoms with Crippen molar-refractivity contribution in [1.82, 2.24) is 10.4 Å². The number of hydrogen-bond donors (Lipinski definition) is 2. The number of carbonyl (C=O) groups excluding carboxylic acids is 2. The fraction of sp³-hybridized carbons (Fsp3) is 0.800. The average Bonchev–Trinajstić information content (AvgIpc) is 2.21. The first-order valence-corrected chi connectivity index (χ1v) is 6.10. The van der Waals surface area contributed by atoms with Crippen LogP contribution in [0.5, 0.6) is 0 Å². The fourth-order valence-electron chi connectivity index (χ4n) is 1.20. The molecule has 2 atom stereocenters.